The molecule has 0 bridgehead atoms. The van der Waals surface area contributed by atoms with Crippen LogP contribution in [0.15, 0.2) is 71.9 Å². The lowest BCUT2D eigenvalue weighted by Gasteiger charge is -2.34. The van der Waals surface area contributed by atoms with Crippen molar-refractivity contribution in [1.82, 2.24) is 14.9 Å². The van der Waals surface area contributed by atoms with Crippen LogP contribution < -0.4 is 10.9 Å². The zero-order valence-electron chi connectivity index (χ0n) is 16.9. The molecule has 1 saturated heterocycles. The molecule has 0 aliphatic carbocycles. The monoisotopic (exact) mass is 414 g/mol. The number of aryl methyl sites for hydroxylation is 1. The van der Waals surface area contributed by atoms with E-state index in [0.29, 0.717) is 19.4 Å². The molecule has 2 aromatic carbocycles. The van der Waals surface area contributed by atoms with E-state index in [4.69, 9.17) is 0 Å². The Kier molecular flexibility index (Phi) is 4.66. The third-order valence-corrected chi connectivity index (χ3v) is 6.51. The van der Waals surface area contributed by atoms with Crippen LogP contribution in [0.25, 0.3) is 0 Å². The van der Waals surface area contributed by atoms with Crippen LogP contribution >= 0.6 is 0 Å². The van der Waals surface area contributed by atoms with Crippen molar-refractivity contribution >= 4 is 17.5 Å². The molecule has 1 fully saturated rings. The Morgan fingerprint density at radius 2 is 1.87 bits per heavy atom. The summed E-state index contributed by atoms with van der Waals surface area (Å²) in [6, 6.07) is 17.3. The van der Waals surface area contributed by atoms with Gasteiger partial charge in [0.2, 0.25) is 5.91 Å². The number of benzene rings is 2. The number of H-pyrrole nitrogens is 1. The highest BCUT2D eigenvalue weighted by Crippen LogP contribution is 2.49. The maximum Gasteiger partial charge on any atom is 0.263 e. The fourth-order valence-electron chi connectivity index (χ4n) is 5.05. The van der Waals surface area contributed by atoms with Gasteiger partial charge in [-0.25, -0.2) is 4.98 Å². The van der Waals surface area contributed by atoms with Gasteiger partial charge in [0.15, 0.2) is 0 Å². The average molecular weight is 414 g/mol. The summed E-state index contributed by atoms with van der Waals surface area (Å²) in [6.07, 6.45) is 4.39. The number of aromatic nitrogens is 2. The van der Waals surface area contributed by atoms with E-state index in [0.717, 1.165) is 23.2 Å². The lowest BCUT2D eigenvalue weighted by molar-refractivity contribution is -0.121. The molecule has 2 aliphatic rings. The van der Waals surface area contributed by atoms with Crippen molar-refractivity contribution in [3.8, 4) is 0 Å². The number of aromatic amines is 1. The summed E-state index contributed by atoms with van der Waals surface area (Å²) in [5.74, 6) is -0.469. The molecule has 1 spiro atoms. The second-order valence-corrected chi connectivity index (χ2v) is 8.05. The van der Waals surface area contributed by atoms with Crippen molar-refractivity contribution in [2.24, 2.45) is 0 Å². The van der Waals surface area contributed by atoms with Crippen LogP contribution in [0, 0.1) is 0 Å². The van der Waals surface area contributed by atoms with Crippen LogP contribution in [-0.2, 0) is 16.6 Å². The van der Waals surface area contributed by atoms with Gasteiger partial charge in [-0.3, -0.25) is 14.4 Å². The molecular formula is C24H22N4O3. The van der Waals surface area contributed by atoms with Crippen LogP contribution in [0.1, 0.15) is 34.3 Å². The number of carbonyl (C=O) groups is 2. The molecule has 2 amide bonds. The van der Waals surface area contributed by atoms with Crippen molar-refractivity contribution in [1.29, 1.82) is 0 Å². The number of hydrogen-bond acceptors (Lipinski definition) is 4. The first-order valence-corrected chi connectivity index (χ1v) is 10.4. The second kappa shape index (κ2) is 7.50. The Morgan fingerprint density at radius 1 is 1.10 bits per heavy atom. The zero-order valence-corrected chi connectivity index (χ0v) is 16.9. The molecular weight excluding hydrogens is 392 g/mol. The number of para-hydroxylation sites is 1. The van der Waals surface area contributed by atoms with E-state index in [-0.39, 0.29) is 23.4 Å². The smallest absolute Gasteiger partial charge is 0.263 e. The molecule has 2 atom stereocenters. The Morgan fingerprint density at radius 3 is 2.68 bits per heavy atom. The normalized spacial score (nSPS) is 21.9. The minimum atomic E-state index is -0.823. The molecule has 31 heavy (non-hydrogen) atoms. The molecule has 0 unspecified atom stereocenters. The average Bonchev–Trinajstić information content (AvgIpc) is 3.32. The maximum absolute atomic E-state index is 13.4. The number of carbonyl (C=O) groups excluding carboxylic acids is 2. The van der Waals surface area contributed by atoms with Gasteiger partial charge in [-0.05, 0) is 36.5 Å². The molecule has 0 saturated carbocycles. The molecule has 7 nitrogen and oxygen atoms in total. The van der Waals surface area contributed by atoms with E-state index in [2.05, 4.69) is 15.3 Å². The third kappa shape index (κ3) is 3.04. The van der Waals surface area contributed by atoms with E-state index in [1.54, 1.807) is 4.90 Å². The van der Waals surface area contributed by atoms with Gasteiger partial charge in [0.1, 0.15) is 5.56 Å². The quantitative estimate of drug-likeness (QED) is 0.686. The number of likely N-dealkylation sites (tertiary alicyclic amines) is 1. The summed E-state index contributed by atoms with van der Waals surface area (Å²) in [6.45, 7) is 0.397. The third-order valence-electron chi connectivity index (χ3n) is 6.51. The first-order valence-electron chi connectivity index (χ1n) is 10.4. The highest BCUT2D eigenvalue weighted by Gasteiger charge is 2.58. The summed E-state index contributed by atoms with van der Waals surface area (Å²) < 4.78 is 0. The molecule has 2 N–H and O–H groups in total. The Hall–Kier alpha value is -3.74. The van der Waals surface area contributed by atoms with Crippen LogP contribution in [0.3, 0.4) is 0 Å². The van der Waals surface area contributed by atoms with Crippen LogP contribution in [-0.4, -0.2) is 39.3 Å². The number of fused-ring (bicyclic) bond motifs is 2. The van der Waals surface area contributed by atoms with Crippen molar-refractivity contribution in [3.63, 3.8) is 0 Å². The van der Waals surface area contributed by atoms with Gasteiger partial charge >= 0.3 is 0 Å². The number of nitrogens with zero attached hydrogens (tertiary/aromatic N) is 2. The summed E-state index contributed by atoms with van der Waals surface area (Å²) >= 11 is 0. The molecule has 156 valence electrons. The topological polar surface area (TPSA) is 95.2 Å². The first kappa shape index (κ1) is 19.2. The zero-order chi connectivity index (χ0) is 21.4. The van der Waals surface area contributed by atoms with Crippen molar-refractivity contribution in [2.45, 2.75) is 30.7 Å². The van der Waals surface area contributed by atoms with Gasteiger partial charge in [0, 0.05) is 18.4 Å². The predicted octanol–water partition coefficient (Wildman–Crippen LogP) is 2.51. The molecule has 0 radical (unpaired) electrons. The number of rotatable bonds is 4. The minimum absolute atomic E-state index is 0.00375. The van der Waals surface area contributed by atoms with Gasteiger partial charge in [-0.2, -0.15) is 0 Å². The molecule has 5 rings (SSSR count). The summed E-state index contributed by atoms with van der Waals surface area (Å²) in [5, 5.41) is 3.01. The fourth-order valence-corrected chi connectivity index (χ4v) is 5.05. The molecule has 3 aromatic rings. The van der Waals surface area contributed by atoms with Crippen LogP contribution in [0.4, 0.5) is 5.69 Å². The van der Waals surface area contributed by atoms with Gasteiger partial charge in [-0.1, -0.05) is 48.5 Å². The maximum atomic E-state index is 13.4. The largest absolute Gasteiger partial charge is 0.334 e. The van der Waals surface area contributed by atoms with E-state index in [1.165, 1.54) is 12.5 Å². The summed E-state index contributed by atoms with van der Waals surface area (Å²) in [7, 11) is 0. The van der Waals surface area contributed by atoms with Crippen molar-refractivity contribution < 1.29 is 9.59 Å². The summed E-state index contributed by atoms with van der Waals surface area (Å²) in [5.41, 5.74) is 1.56. The predicted molar refractivity (Wildman–Crippen MR) is 116 cm³/mol. The van der Waals surface area contributed by atoms with Crippen LogP contribution in [0.5, 0.6) is 0 Å². The molecule has 3 heterocycles. The Balaban J connectivity index is 1.56. The number of hydrogen-bond donors (Lipinski definition) is 2. The van der Waals surface area contributed by atoms with Gasteiger partial charge < -0.3 is 15.2 Å². The summed E-state index contributed by atoms with van der Waals surface area (Å²) in [4.78, 5) is 47.0. The second-order valence-electron chi connectivity index (χ2n) is 8.05. The number of nitrogens with one attached hydrogen (secondary N) is 2. The number of anilines is 1. The highest BCUT2D eigenvalue weighted by atomic mass is 16.2. The van der Waals surface area contributed by atoms with E-state index in [9.17, 15) is 14.4 Å². The van der Waals surface area contributed by atoms with E-state index in [1.807, 2.05) is 54.6 Å². The molecule has 1 aromatic heterocycles. The SMILES string of the molecule is O=C(c1cnc[nH]c1=O)N1CC[C@]2(C(=O)Nc3ccccc32)[C@@H]1CCc1ccccc1. The van der Waals surface area contributed by atoms with Crippen molar-refractivity contribution in [2.75, 3.05) is 11.9 Å². The lowest BCUT2D eigenvalue weighted by Crippen LogP contribution is -2.49. The lowest BCUT2D eigenvalue weighted by atomic mass is 9.73. The van der Waals surface area contributed by atoms with Crippen LogP contribution in [0.2, 0.25) is 0 Å². The minimum Gasteiger partial charge on any atom is -0.334 e. The van der Waals surface area contributed by atoms with Gasteiger partial charge in [0.25, 0.3) is 11.5 Å². The van der Waals surface area contributed by atoms with Gasteiger partial charge in [0.05, 0.1) is 17.8 Å². The highest BCUT2D eigenvalue weighted by molar-refractivity contribution is 6.08. The van der Waals surface area contributed by atoms with E-state index >= 15 is 0 Å². The molecule has 7 heteroatoms. The Bertz CT molecular complexity index is 1210. The Labute approximate surface area is 179 Å². The first-order chi connectivity index (χ1) is 15.1. The van der Waals surface area contributed by atoms with Crippen molar-refractivity contribution in [3.05, 3.63) is 94.2 Å². The van der Waals surface area contributed by atoms with E-state index < -0.39 is 11.0 Å². The fraction of sp³-hybridized carbons (Fsp3) is 0.250. The van der Waals surface area contributed by atoms with Gasteiger partial charge in [-0.15, -0.1) is 0 Å². The molecule has 2 aliphatic heterocycles. The number of amides is 2. The standard InChI is InChI=1S/C24H22N4O3/c29-21-17(14-25-15-26-21)22(30)28-13-12-24(18-8-4-5-9-19(18)27-23(24)31)20(28)11-10-16-6-2-1-3-7-16/h1-9,14-15,20H,10-13H2,(H,27,31)(H,25,26,29)/t20-,24+/m0/s1.